The second-order valence-corrected chi connectivity index (χ2v) is 4.25. The highest BCUT2D eigenvalue weighted by Gasteiger charge is 2.31. The quantitative estimate of drug-likeness (QED) is 0.588. The van der Waals surface area contributed by atoms with Crippen molar-refractivity contribution in [2.45, 2.75) is 40.2 Å². The van der Waals surface area contributed by atoms with Gasteiger partial charge in [0.25, 0.3) is 0 Å². The summed E-state index contributed by atoms with van der Waals surface area (Å²) in [5.74, 6) is 0. The van der Waals surface area contributed by atoms with E-state index in [9.17, 15) is 0 Å². The Morgan fingerprint density at radius 2 is 2.17 bits per heavy atom. The lowest BCUT2D eigenvalue weighted by Gasteiger charge is -2.23. The number of allylic oxidation sites excluding steroid dienone is 2. The molecule has 68 valence electrons. The van der Waals surface area contributed by atoms with E-state index in [1.165, 1.54) is 0 Å². The van der Waals surface area contributed by atoms with Gasteiger partial charge in [-0.2, -0.15) is 0 Å². The smallest absolute Gasteiger partial charge is 0.138 e. The summed E-state index contributed by atoms with van der Waals surface area (Å²) in [4.78, 5) is 5.32. The molecule has 0 aliphatic carbocycles. The van der Waals surface area contributed by atoms with Gasteiger partial charge < -0.3 is 4.84 Å². The number of hydrogen-bond acceptors (Lipinski definition) is 2. The Morgan fingerprint density at radius 3 is 2.58 bits per heavy atom. The summed E-state index contributed by atoms with van der Waals surface area (Å²) in [6, 6.07) is 0. The van der Waals surface area contributed by atoms with Crippen LogP contribution in [0.5, 0.6) is 0 Å². The molecule has 0 aromatic carbocycles. The van der Waals surface area contributed by atoms with Gasteiger partial charge in [0.05, 0.1) is 5.71 Å². The van der Waals surface area contributed by atoms with Gasteiger partial charge in [0.1, 0.15) is 6.10 Å². The number of rotatable bonds is 1. The molecule has 12 heavy (non-hydrogen) atoms. The van der Waals surface area contributed by atoms with E-state index in [1.807, 2.05) is 19.1 Å². The van der Waals surface area contributed by atoms with E-state index in [2.05, 4.69) is 25.9 Å². The molecule has 0 aromatic rings. The molecule has 1 heterocycles. The summed E-state index contributed by atoms with van der Waals surface area (Å²) < 4.78 is 0. The zero-order valence-electron chi connectivity index (χ0n) is 8.29. The fourth-order valence-electron chi connectivity index (χ4n) is 1.15. The molecule has 2 nitrogen and oxygen atoms in total. The molecule has 1 rings (SSSR count). The summed E-state index contributed by atoms with van der Waals surface area (Å²) in [7, 11) is 0. The topological polar surface area (TPSA) is 21.6 Å². The molecule has 0 spiro atoms. The van der Waals surface area contributed by atoms with Crippen LogP contribution in [0.3, 0.4) is 0 Å². The van der Waals surface area contributed by atoms with Crippen LogP contribution in [0.2, 0.25) is 0 Å². The molecule has 0 bridgehead atoms. The SMILES string of the molecule is C/C=C/C1=NOC(C(C)(C)C)C1. The first-order valence-electron chi connectivity index (χ1n) is 4.39. The minimum Gasteiger partial charge on any atom is -0.391 e. The van der Waals surface area contributed by atoms with E-state index in [4.69, 9.17) is 4.84 Å². The van der Waals surface area contributed by atoms with Crippen molar-refractivity contribution in [1.82, 2.24) is 0 Å². The van der Waals surface area contributed by atoms with Crippen molar-refractivity contribution in [2.24, 2.45) is 10.6 Å². The fourth-order valence-corrected chi connectivity index (χ4v) is 1.15. The first-order chi connectivity index (χ1) is 5.54. The van der Waals surface area contributed by atoms with Crippen LogP contribution < -0.4 is 0 Å². The Labute approximate surface area is 74.3 Å². The zero-order chi connectivity index (χ0) is 9.19. The van der Waals surface area contributed by atoms with Gasteiger partial charge in [-0.3, -0.25) is 0 Å². The summed E-state index contributed by atoms with van der Waals surface area (Å²) in [5.41, 5.74) is 1.24. The molecule has 1 atom stereocenters. The first-order valence-corrected chi connectivity index (χ1v) is 4.39. The van der Waals surface area contributed by atoms with Gasteiger partial charge >= 0.3 is 0 Å². The van der Waals surface area contributed by atoms with Crippen LogP contribution in [-0.4, -0.2) is 11.8 Å². The molecule has 0 radical (unpaired) electrons. The predicted octanol–water partition coefficient (Wildman–Crippen LogP) is 2.75. The van der Waals surface area contributed by atoms with Gasteiger partial charge in [0, 0.05) is 11.8 Å². The third-order valence-corrected chi connectivity index (χ3v) is 2.02. The molecule has 1 unspecified atom stereocenters. The Hall–Kier alpha value is -0.790. The fraction of sp³-hybridized carbons (Fsp3) is 0.700. The molecule has 1 aliphatic heterocycles. The molecule has 0 fully saturated rings. The van der Waals surface area contributed by atoms with E-state index >= 15 is 0 Å². The van der Waals surface area contributed by atoms with Gasteiger partial charge in [0.15, 0.2) is 0 Å². The van der Waals surface area contributed by atoms with Crippen LogP contribution in [0.15, 0.2) is 17.3 Å². The molecule has 2 heteroatoms. The average Bonchev–Trinajstić information content (AvgIpc) is 2.35. The van der Waals surface area contributed by atoms with E-state index in [1.54, 1.807) is 0 Å². The average molecular weight is 167 g/mol. The zero-order valence-corrected chi connectivity index (χ0v) is 8.29. The molecule has 0 N–H and O–H groups in total. The summed E-state index contributed by atoms with van der Waals surface area (Å²) in [6.45, 7) is 8.51. The maximum Gasteiger partial charge on any atom is 0.138 e. The van der Waals surface area contributed by atoms with Crippen molar-refractivity contribution in [3.05, 3.63) is 12.2 Å². The first kappa shape index (κ1) is 9.30. The predicted molar refractivity (Wildman–Crippen MR) is 51.2 cm³/mol. The minimum atomic E-state index is 0.187. The Bertz CT molecular complexity index is 210. The van der Waals surface area contributed by atoms with Crippen molar-refractivity contribution in [3.8, 4) is 0 Å². The summed E-state index contributed by atoms with van der Waals surface area (Å²) >= 11 is 0. The van der Waals surface area contributed by atoms with E-state index in [0.717, 1.165) is 12.1 Å². The lowest BCUT2D eigenvalue weighted by molar-refractivity contribution is 0.00831. The van der Waals surface area contributed by atoms with Gasteiger partial charge in [-0.15, -0.1) is 0 Å². The standard InChI is InChI=1S/C10H17NO/c1-5-6-8-7-9(12-11-8)10(2,3)4/h5-6,9H,7H2,1-4H3/b6-5+. The minimum absolute atomic E-state index is 0.187. The van der Waals surface area contributed by atoms with Crippen LogP contribution in [-0.2, 0) is 4.84 Å². The van der Waals surface area contributed by atoms with E-state index < -0.39 is 0 Å². The molecule has 0 saturated heterocycles. The van der Waals surface area contributed by atoms with Gasteiger partial charge in [-0.25, -0.2) is 0 Å². The number of hydrogen-bond donors (Lipinski definition) is 0. The Kier molecular flexibility index (Phi) is 2.55. The Morgan fingerprint density at radius 1 is 1.50 bits per heavy atom. The highest BCUT2D eigenvalue weighted by atomic mass is 16.6. The normalized spacial score (nSPS) is 24.3. The van der Waals surface area contributed by atoms with Crippen LogP contribution >= 0.6 is 0 Å². The van der Waals surface area contributed by atoms with E-state index in [0.29, 0.717) is 0 Å². The summed E-state index contributed by atoms with van der Waals surface area (Å²) in [6.07, 6.45) is 5.18. The summed E-state index contributed by atoms with van der Waals surface area (Å²) in [5, 5.41) is 4.00. The monoisotopic (exact) mass is 167 g/mol. The Balaban J connectivity index is 2.52. The van der Waals surface area contributed by atoms with Crippen molar-refractivity contribution in [2.75, 3.05) is 0 Å². The maximum atomic E-state index is 5.32. The van der Waals surface area contributed by atoms with Gasteiger partial charge in [-0.05, 0) is 13.0 Å². The highest BCUT2D eigenvalue weighted by molar-refractivity contribution is 5.95. The molecular formula is C10H17NO. The van der Waals surface area contributed by atoms with Crippen LogP contribution in [0.4, 0.5) is 0 Å². The third-order valence-electron chi connectivity index (χ3n) is 2.02. The largest absolute Gasteiger partial charge is 0.391 e. The van der Waals surface area contributed by atoms with Crippen molar-refractivity contribution in [3.63, 3.8) is 0 Å². The van der Waals surface area contributed by atoms with Crippen LogP contribution in [0.1, 0.15) is 34.1 Å². The lowest BCUT2D eigenvalue weighted by Crippen LogP contribution is -2.25. The third kappa shape index (κ3) is 2.10. The highest BCUT2D eigenvalue weighted by Crippen LogP contribution is 2.29. The van der Waals surface area contributed by atoms with Crippen LogP contribution in [0.25, 0.3) is 0 Å². The van der Waals surface area contributed by atoms with Gasteiger partial charge in [0.2, 0.25) is 0 Å². The van der Waals surface area contributed by atoms with Crippen molar-refractivity contribution >= 4 is 5.71 Å². The van der Waals surface area contributed by atoms with Crippen molar-refractivity contribution < 1.29 is 4.84 Å². The maximum absolute atomic E-state index is 5.32. The second kappa shape index (κ2) is 3.30. The van der Waals surface area contributed by atoms with Crippen LogP contribution in [0, 0.1) is 5.41 Å². The molecule has 0 aromatic heterocycles. The molecule has 0 saturated carbocycles. The molecule has 0 amide bonds. The van der Waals surface area contributed by atoms with Crippen molar-refractivity contribution in [1.29, 1.82) is 0 Å². The van der Waals surface area contributed by atoms with Gasteiger partial charge in [-0.1, -0.05) is 32.0 Å². The lowest BCUT2D eigenvalue weighted by atomic mass is 9.86. The molecular weight excluding hydrogens is 150 g/mol. The number of nitrogens with zero attached hydrogens (tertiary/aromatic N) is 1. The molecule has 1 aliphatic rings. The second-order valence-electron chi connectivity index (χ2n) is 4.25. The number of oxime groups is 1. The van der Waals surface area contributed by atoms with E-state index in [-0.39, 0.29) is 11.5 Å².